The van der Waals surface area contributed by atoms with Crippen molar-refractivity contribution >= 4 is 5.91 Å². The fourth-order valence-electron chi connectivity index (χ4n) is 2.20. The Balaban J connectivity index is 2.04. The van der Waals surface area contributed by atoms with Crippen LogP contribution in [0, 0.1) is 11.8 Å². The third-order valence-electron chi connectivity index (χ3n) is 3.45. The number of carbonyl (C=O) groups excluding carboxylic acids is 1. The van der Waals surface area contributed by atoms with E-state index in [4.69, 9.17) is 5.73 Å². The van der Waals surface area contributed by atoms with E-state index in [0.29, 0.717) is 18.4 Å². The SMILES string of the molecule is CCCC1CC1NC(=O)CCC(C)CCN. The van der Waals surface area contributed by atoms with Crippen LogP contribution in [-0.4, -0.2) is 18.5 Å². The predicted molar refractivity (Wildman–Crippen MR) is 67.0 cm³/mol. The smallest absolute Gasteiger partial charge is 0.220 e. The Morgan fingerprint density at radius 2 is 2.25 bits per heavy atom. The fraction of sp³-hybridized carbons (Fsp3) is 0.923. The quantitative estimate of drug-likeness (QED) is 0.665. The first-order valence-electron chi connectivity index (χ1n) is 6.66. The van der Waals surface area contributed by atoms with Crippen LogP contribution in [-0.2, 0) is 4.79 Å². The number of hydrogen-bond acceptors (Lipinski definition) is 2. The normalized spacial score (nSPS) is 25.2. The molecule has 0 heterocycles. The predicted octanol–water partition coefficient (Wildman–Crippen LogP) is 2.06. The molecular formula is C13H26N2O. The van der Waals surface area contributed by atoms with E-state index in [1.165, 1.54) is 19.3 Å². The summed E-state index contributed by atoms with van der Waals surface area (Å²) in [6.07, 6.45) is 6.33. The zero-order valence-corrected chi connectivity index (χ0v) is 10.7. The molecule has 0 aliphatic heterocycles. The summed E-state index contributed by atoms with van der Waals surface area (Å²) in [5.74, 6) is 1.56. The third-order valence-corrected chi connectivity index (χ3v) is 3.45. The first-order valence-corrected chi connectivity index (χ1v) is 6.66. The zero-order valence-electron chi connectivity index (χ0n) is 10.7. The Labute approximate surface area is 99.2 Å². The Kier molecular flexibility index (Phi) is 5.81. The summed E-state index contributed by atoms with van der Waals surface area (Å²) in [5.41, 5.74) is 5.48. The molecule has 1 amide bonds. The van der Waals surface area contributed by atoms with Crippen molar-refractivity contribution in [2.75, 3.05) is 6.54 Å². The van der Waals surface area contributed by atoms with Crippen molar-refractivity contribution < 1.29 is 4.79 Å². The van der Waals surface area contributed by atoms with Gasteiger partial charge in [-0.3, -0.25) is 4.79 Å². The molecule has 0 bridgehead atoms. The molecule has 0 radical (unpaired) electrons. The number of amides is 1. The van der Waals surface area contributed by atoms with E-state index in [1.807, 2.05) is 0 Å². The molecule has 3 unspecified atom stereocenters. The molecule has 94 valence electrons. The largest absolute Gasteiger partial charge is 0.353 e. The van der Waals surface area contributed by atoms with Gasteiger partial charge in [-0.05, 0) is 44.1 Å². The molecule has 1 rings (SSSR count). The zero-order chi connectivity index (χ0) is 12.0. The molecule has 16 heavy (non-hydrogen) atoms. The Bertz CT molecular complexity index is 218. The van der Waals surface area contributed by atoms with Gasteiger partial charge in [-0.1, -0.05) is 20.3 Å². The van der Waals surface area contributed by atoms with E-state index in [0.717, 1.165) is 25.3 Å². The fourth-order valence-corrected chi connectivity index (χ4v) is 2.20. The number of hydrogen-bond donors (Lipinski definition) is 2. The maximum atomic E-state index is 11.6. The standard InChI is InChI=1S/C13H26N2O/c1-3-4-11-9-12(11)15-13(16)6-5-10(2)7-8-14/h10-12H,3-9,14H2,1-2H3,(H,15,16). The molecule has 0 saturated heterocycles. The van der Waals surface area contributed by atoms with E-state index in [-0.39, 0.29) is 5.91 Å². The summed E-state index contributed by atoms with van der Waals surface area (Å²) in [7, 11) is 0. The minimum Gasteiger partial charge on any atom is -0.353 e. The minimum absolute atomic E-state index is 0.229. The average Bonchev–Trinajstić information content (AvgIpc) is 2.95. The highest BCUT2D eigenvalue weighted by atomic mass is 16.1. The highest BCUT2D eigenvalue weighted by Gasteiger charge is 2.36. The van der Waals surface area contributed by atoms with Gasteiger partial charge in [0.05, 0.1) is 0 Å². The van der Waals surface area contributed by atoms with Crippen LogP contribution in [0.4, 0.5) is 0 Å². The van der Waals surface area contributed by atoms with Gasteiger partial charge in [-0.2, -0.15) is 0 Å². The molecule has 0 aromatic heterocycles. The first-order chi connectivity index (χ1) is 7.67. The molecule has 3 N–H and O–H groups in total. The maximum absolute atomic E-state index is 11.6. The maximum Gasteiger partial charge on any atom is 0.220 e. The van der Waals surface area contributed by atoms with E-state index in [1.54, 1.807) is 0 Å². The Morgan fingerprint density at radius 3 is 2.88 bits per heavy atom. The monoisotopic (exact) mass is 226 g/mol. The number of rotatable bonds is 8. The topological polar surface area (TPSA) is 55.1 Å². The van der Waals surface area contributed by atoms with Crippen LogP contribution in [0.25, 0.3) is 0 Å². The summed E-state index contributed by atoms with van der Waals surface area (Å²) >= 11 is 0. The second kappa shape index (κ2) is 6.89. The summed E-state index contributed by atoms with van der Waals surface area (Å²) in [5, 5.41) is 3.12. The van der Waals surface area contributed by atoms with E-state index < -0.39 is 0 Å². The third kappa shape index (κ3) is 4.97. The highest BCUT2D eigenvalue weighted by Crippen LogP contribution is 2.34. The van der Waals surface area contributed by atoms with Crippen LogP contribution >= 0.6 is 0 Å². The highest BCUT2D eigenvalue weighted by molar-refractivity contribution is 5.76. The van der Waals surface area contributed by atoms with Crippen LogP contribution in [0.2, 0.25) is 0 Å². The van der Waals surface area contributed by atoms with Crippen molar-refractivity contribution in [3.05, 3.63) is 0 Å². The lowest BCUT2D eigenvalue weighted by atomic mass is 10.0. The molecule has 0 spiro atoms. The summed E-state index contributed by atoms with van der Waals surface area (Å²) < 4.78 is 0. The molecule has 3 heteroatoms. The Morgan fingerprint density at radius 1 is 1.50 bits per heavy atom. The lowest BCUT2D eigenvalue weighted by Gasteiger charge is -2.09. The van der Waals surface area contributed by atoms with Gasteiger partial charge in [0.2, 0.25) is 5.91 Å². The number of nitrogens with one attached hydrogen (secondary N) is 1. The van der Waals surface area contributed by atoms with Crippen LogP contribution in [0.3, 0.4) is 0 Å². The van der Waals surface area contributed by atoms with Gasteiger partial charge in [0.1, 0.15) is 0 Å². The van der Waals surface area contributed by atoms with E-state index in [2.05, 4.69) is 19.2 Å². The van der Waals surface area contributed by atoms with Gasteiger partial charge in [-0.15, -0.1) is 0 Å². The van der Waals surface area contributed by atoms with Gasteiger partial charge in [0.25, 0.3) is 0 Å². The van der Waals surface area contributed by atoms with Crippen molar-refractivity contribution in [3.63, 3.8) is 0 Å². The molecule has 0 aromatic rings. The molecule has 1 saturated carbocycles. The van der Waals surface area contributed by atoms with Crippen molar-refractivity contribution in [2.24, 2.45) is 17.6 Å². The molecule has 3 nitrogen and oxygen atoms in total. The van der Waals surface area contributed by atoms with E-state index in [9.17, 15) is 4.79 Å². The van der Waals surface area contributed by atoms with Crippen LogP contribution in [0.15, 0.2) is 0 Å². The molecular weight excluding hydrogens is 200 g/mol. The van der Waals surface area contributed by atoms with Crippen molar-refractivity contribution in [1.29, 1.82) is 0 Å². The van der Waals surface area contributed by atoms with Gasteiger partial charge >= 0.3 is 0 Å². The average molecular weight is 226 g/mol. The van der Waals surface area contributed by atoms with Gasteiger partial charge in [0, 0.05) is 12.5 Å². The molecule has 0 aromatic carbocycles. The van der Waals surface area contributed by atoms with Crippen molar-refractivity contribution in [3.8, 4) is 0 Å². The molecule has 1 aliphatic rings. The second-order valence-corrected chi connectivity index (χ2v) is 5.18. The summed E-state index contributed by atoms with van der Waals surface area (Å²) in [4.78, 5) is 11.6. The number of carbonyl (C=O) groups is 1. The van der Waals surface area contributed by atoms with Gasteiger partial charge in [0.15, 0.2) is 0 Å². The first kappa shape index (κ1) is 13.5. The van der Waals surface area contributed by atoms with Gasteiger partial charge < -0.3 is 11.1 Å². The Hall–Kier alpha value is -0.570. The van der Waals surface area contributed by atoms with Gasteiger partial charge in [-0.25, -0.2) is 0 Å². The van der Waals surface area contributed by atoms with Crippen LogP contribution in [0.5, 0.6) is 0 Å². The molecule has 3 atom stereocenters. The summed E-state index contributed by atoms with van der Waals surface area (Å²) in [6.45, 7) is 5.09. The molecule has 1 fully saturated rings. The molecule has 1 aliphatic carbocycles. The second-order valence-electron chi connectivity index (χ2n) is 5.18. The number of nitrogens with two attached hydrogens (primary N) is 1. The van der Waals surface area contributed by atoms with Crippen LogP contribution in [0.1, 0.15) is 52.4 Å². The lowest BCUT2D eigenvalue weighted by Crippen LogP contribution is -2.27. The van der Waals surface area contributed by atoms with E-state index >= 15 is 0 Å². The lowest BCUT2D eigenvalue weighted by molar-refractivity contribution is -0.121. The minimum atomic E-state index is 0.229. The van der Waals surface area contributed by atoms with Crippen LogP contribution < -0.4 is 11.1 Å². The van der Waals surface area contributed by atoms with Crippen molar-refractivity contribution in [1.82, 2.24) is 5.32 Å². The van der Waals surface area contributed by atoms with Crippen molar-refractivity contribution in [2.45, 2.75) is 58.4 Å². The summed E-state index contributed by atoms with van der Waals surface area (Å²) in [6, 6.07) is 0.484.